The van der Waals surface area contributed by atoms with Crippen molar-refractivity contribution in [3.8, 4) is 11.5 Å². The van der Waals surface area contributed by atoms with Crippen LogP contribution >= 0.6 is 0 Å². The molecule has 1 fully saturated rings. The average Bonchev–Trinajstić information content (AvgIpc) is 2.59. The molecular weight excluding hydrogens is 332 g/mol. The number of hydrogen-bond acceptors (Lipinski definition) is 5. The van der Waals surface area contributed by atoms with Crippen molar-refractivity contribution in [3.63, 3.8) is 0 Å². The molecule has 1 N–H and O–H groups in total. The Morgan fingerprint density at radius 2 is 2.08 bits per heavy atom. The molecule has 7 nitrogen and oxygen atoms in total. The third-order valence-corrected chi connectivity index (χ3v) is 5.57. The van der Waals surface area contributed by atoms with E-state index in [0.717, 1.165) is 0 Å². The van der Waals surface area contributed by atoms with Gasteiger partial charge in [0.1, 0.15) is 12.7 Å². The minimum Gasteiger partial charge on any atom is -0.486 e. The van der Waals surface area contributed by atoms with Crippen molar-refractivity contribution >= 4 is 15.9 Å². The Balaban J connectivity index is 1.51. The van der Waals surface area contributed by atoms with Crippen molar-refractivity contribution in [2.45, 2.75) is 18.9 Å². The quantitative estimate of drug-likeness (QED) is 0.857. The van der Waals surface area contributed by atoms with Gasteiger partial charge in [0.25, 0.3) is 0 Å². The van der Waals surface area contributed by atoms with Gasteiger partial charge >= 0.3 is 0 Å². The lowest BCUT2D eigenvalue weighted by Crippen LogP contribution is -2.47. The predicted molar refractivity (Wildman–Crippen MR) is 88.5 cm³/mol. The number of amides is 1. The Labute approximate surface area is 142 Å². The van der Waals surface area contributed by atoms with Gasteiger partial charge in [-0.2, -0.15) is 0 Å². The van der Waals surface area contributed by atoms with Crippen molar-refractivity contribution in [3.05, 3.63) is 24.3 Å². The van der Waals surface area contributed by atoms with Gasteiger partial charge in [-0.15, -0.1) is 0 Å². The van der Waals surface area contributed by atoms with Crippen LogP contribution < -0.4 is 14.8 Å². The van der Waals surface area contributed by atoms with Crippen molar-refractivity contribution < 1.29 is 22.7 Å². The van der Waals surface area contributed by atoms with Gasteiger partial charge in [0.15, 0.2) is 11.5 Å². The van der Waals surface area contributed by atoms with Gasteiger partial charge in [0.05, 0.1) is 18.7 Å². The molecule has 2 aliphatic heterocycles. The summed E-state index contributed by atoms with van der Waals surface area (Å²) in [7, 11) is -3.25. The maximum atomic E-state index is 12.3. The summed E-state index contributed by atoms with van der Waals surface area (Å²) in [6.07, 6.45) is 2.32. The molecule has 3 rings (SSSR count). The van der Waals surface area contributed by atoms with E-state index in [4.69, 9.17) is 9.47 Å². The molecule has 8 heteroatoms. The molecule has 2 unspecified atom stereocenters. The molecular formula is C16H22N2O5S. The molecule has 0 bridgehead atoms. The number of rotatable bonds is 4. The van der Waals surface area contributed by atoms with E-state index in [1.54, 1.807) is 0 Å². The second kappa shape index (κ2) is 6.98. The molecule has 0 radical (unpaired) electrons. The first kappa shape index (κ1) is 17.0. The van der Waals surface area contributed by atoms with Crippen LogP contribution in [-0.2, 0) is 14.8 Å². The van der Waals surface area contributed by atoms with Gasteiger partial charge in [-0.25, -0.2) is 12.7 Å². The van der Waals surface area contributed by atoms with Crippen LogP contribution in [0.5, 0.6) is 11.5 Å². The summed E-state index contributed by atoms with van der Waals surface area (Å²) in [5.41, 5.74) is 0. The number of hydrogen-bond donors (Lipinski definition) is 1. The molecule has 24 heavy (non-hydrogen) atoms. The second-order valence-corrected chi connectivity index (χ2v) is 8.19. The number of sulfonamides is 1. The van der Waals surface area contributed by atoms with Crippen LogP contribution in [0.2, 0.25) is 0 Å². The highest BCUT2D eigenvalue weighted by molar-refractivity contribution is 7.88. The Kier molecular flexibility index (Phi) is 4.96. The number of fused-ring (bicyclic) bond motifs is 1. The van der Waals surface area contributed by atoms with Crippen molar-refractivity contribution in [1.82, 2.24) is 9.62 Å². The maximum Gasteiger partial charge on any atom is 0.224 e. The third-order valence-electron chi connectivity index (χ3n) is 4.30. The molecule has 2 aliphatic rings. The van der Waals surface area contributed by atoms with E-state index in [1.165, 1.54) is 10.6 Å². The summed E-state index contributed by atoms with van der Waals surface area (Å²) in [5.74, 6) is 0.927. The lowest BCUT2D eigenvalue weighted by Gasteiger charge is -2.31. The largest absolute Gasteiger partial charge is 0.486 e. The molecule has 0 spiro atoms. The number of nitrogens with zero attached hydrogens (tertiary/aromatic N) is 1. The van der Waals surface area contributed by atoms with E-state index >= 15 is 0 Å². The first-order valence-electron chi connectivity index (χ1n) is 8.05. The third kappa shape index (κ3) is 3.99. The van der Waals surface area contributed by atoms with Crippen LogP contribution in [0.3, 0.4) is 0 Å². The molecule has 132 valence electrons. The number of benzene rings is 1. The van der Waals surface area contributed by atoms with Crippen LogP contribution in [0.25, 0.3) is 0 Å². The normalized spacial score (nSPS) is 24.4. The van der Waals surface area contributed by atoms with Gasteiger partial charge < -0.3 is 14.8 Å². The zero-order valence-corrected chi connectivity index (χ0v) is 14.4. The van der Waals surface area contributed by atoms with Crippen molar-refractivity contribution in [1.29, 1.82) is 0 Å². The summed E-state index contributed by atoms with van der Waals surface area (Å²) < 4.78 is 36.1. The van der Waals surface area contributed by atoms with E-state index in [9.17, 15) is 13.2 Å². The SMILES string of the molecule is CS(=O)(=O)N1CCCC(C(=O)NCC2COc3ccccc3O2)C1. The molecule has 1 amide bonds. The van der Waals surface area contributed by atoms with Gasteiger partial charge in [-0.1, -0.05) is 12.1 Å². The topological polar surface area (TPSA) is 84.9 Å². The van der Waals surface area contributed by atoms with Crippen molar-refractivity contribution in [2.75, 3.05) is 32.5 Å². The van der Waals surface area contributed by atoms with Gasteiger partial charge in [0.2, 0.25) is 15.9 Å². The number of para-hydroxylation sites is 2. The van der Waals surface area contributed by atoms with Crippen LogP contribution in [0.4, 0.5) is 0 Å². The summed E-state index contributed by atoms with van der Waals surface area (Å²) in [4.78, 5) is 12.3. The molecule has 2 atom stereocenters. The highest BCUT2D eigenvalue weighted by Gasteiger charge is 2.30. The number of nitrogens with one attached hydrogen (secondary N) is 1. The molecule has 1 aromatic rings. The second-order valence-electron chi connectivity index (χ2n) is 6.20. The van der Waals surface area contributed by atoms with E-state index in [1.807, 2.05) is 24.3 Å². The lowest BCUT2D eigenvalue weighted by atomic mass is 9.99. The van der Waals surface area contributed by atoms with E-state index in [0.29, 0.717) is 44.0 Å². The summed E-state index contributed by atoms with van der Waals surface area (Å²) >= 11 is 0. The molecule has 1 aromatic carbocycles. The zero-order chi connectivity index (χ0) is 17.2. The Morgan fingerprint density at radius 1 is 1.33 bits per heavy atom. The van der Waals surface area contributed by atoms with Gasteiger partial charge in [0, 0.05) is 13.1 Å². The van der Waals surface area contributed by atoms with Crippen LogP contribution in [-0.4, -0.2) is 57.2 Å². The molecule has 2 heterocycles. The number of carbonyl (C=O) groups excluding carboxylic acids is 1. The standard InChI is InChI=1S/C16H22N2O5S/c1-24(20,21)18-8-4-5-12(10-18)16(19)17-9-13-11-22-14-6-2-3-7-15(14)23-13/h2-3,6-7,12-13H,4-5,8-11H2,1H3,(H,17,19). The predicted octanol–water partition coefficient (Wildman–Crippen LogP) is 0.614. The summed E-state index contributed by atoms with van der Waals surface area (Å²) in [5, 5.41) is 2.86. The Morgan fingerprint density at radius 3 is 2.83 bits per heavy atom. The highest BCUT2D eigenvalue weighted by atomic mass is 32.2. The molecule has 1 saturated heterocycles. The number of piperidine rings is 1. The number of ether oxygens (including phenoxy) is 2. The Hall–Kier alpha value is -1.80. The first-order chi connectivity index (χ1) is 11.4. The number of carbonyl (C=O) groups is 1. The van der Waals surface area contributed by atoms with Gasteiger partial charge in [-0.3, -0.25) is 4.79 Å². The minimum atomic E-state index is -3.25. The van der Waals surface area contributed by atoms with Crippen LogP contribution in [0.1, 0.15) is 12.8 Å². The summed E-state index contributed by atoms with van der Waals surface area (Å²) in [6, 6.07) is 7.41. The fourth-order valence-corrected chi connectivity index (χ4v) is 3.89. The van der Waals surface area contributed by atoms with Crippen LogP contribution in [0, 0.1) is 5.92 Å². The molecule has 0 aromatic heterocycles. The Bertz CT molecular complexity index is 706. The minimum absolute atomic E-state index is 0.134. The van der Waals surface area contributed by atoms with Crippen molar-refractivity contribution in [2.24, 2.45) is 5.92 Å². The summed E-state index contributed by atoms with van der Waals surface area (Å²) in [6.45, 7) is 1.44. The molecule has 0 aliphatic carbocycles. The lowest BCUT2D eigenvalue weighted by molar-refractivity contribution is -0.126. The fourth-order valence-electron chi connectivity index (χ4n) is 2.98. The first-order valence-corrected chi connectivity index (χ1v) is 9.89. The average molecular weight is 354 g/mol. The van der Waals surface area contributed by atoms with Crippen LogP contribution in [0.15, 0.2) is 24.3 Å². The van der Waals surface area contributed by atoms with Gasteiger partial charge in [-0.05, 0) is 25.0 Å². The zero-order valence-electron chi connectivity index (χ0n) is 13.6. The monoisotopic (exact) mass is 354 g/mol. The fraction of sp³-hybridized carbons (Fsp3) is 0.562. The smallest absolute Gasteiger partial charge is 0.224 e. The molecule has 0 saturated carbocycles. The highest BCUT2D eigenvalue weighted by Crippen LogP contribution is 2.30. The van der Waals surface area contributed by atoms with E-state index in [-0.39, 0.29) is 24.5 Å². The van der Waals surface area contributed by atoms with E-state index in [2.05, 4.69) is 5.32 Å². The van der Waals surface area contributed by atoms with E-state index < -0.39 is 10.0 Å². The maximum absolute atomic E-state index is 12.3.